The molecular formula is C20H21NO4. The Morgan fingerprint density at radius 2 is 2.16 bits per heavy atom. The minimum Gasteiger partial charge on any atom is -0.466 e. The molecule has 5 nitrogen and oxygen atoms in total. The second-order valence-corrected chi connectivity index (χ2v) is 6.63. The van der Waals surface area contributed by atoms with Crippen LogP contribution >= 0.6 is 0 Å². The van der Waals surface area contributed by atoms with Crippen molar-refractivity contribution in [2.75, 3.05) is 11.5 Å². The number of fused-ring (bicyclic) bond motifs is 1. The molecule has 0 aliphatic carbocycles. The molecular weight excluding hydrogens is 318 g/mol. The Labute approximate surface area is 146 Å². The Morgan fingerprint density at radius 1 is 1.40 bits per heavy atom. The van der Waals surface area contributed by atoms with Gasteiger partial charge in [0.1, 0.15) is 11.5 Å². The largest absolute Gasteiger partial charge is 0.466 e. The van der Waals surface area contributed by atoms with Gasteiger partial charge in [0.25, 0.3) is 0 Å². The van der Waals surface area contributed by atoms with E-state index in [-0.39, 0.29) is 24.5 Å². The molecule has 1 aromatic carbocycles. The van der Waals surface area contributed by atoms with Crippen molar-refractivity contribution in [3.8, 4) is 0 Å². The molecule has 2 bridgehead atoms. The van der Waals surface area contributed by atoms with Crippen LogP contribution in [0.3, 0.4) is 0 Å². The molecule has 2 saturated heterocycles. The number of amides is 1. The van der Waals surface area contributed by atoms with Crippen LogP contribution in [0.25, 0.3) is 0 Å². The second-order valence-electron chi connectivity index (χ2n) is 6.63. The number of carbonyl (C=O) groups is 2. The SMILES string of the molecule is C=CC[C@@H]1N(c2ccccc2)C(=O)[C@@H]2[C@H](C(=O)OCC)[C@@H]3C=C[C@]21O3. The number of esters is 1. The molecule has 5 atom stereocenters. The summed E-state index contributed by atoms with van der Waals surface area (Å²) in [5.41, 5.74) is 0.0228. The summed E-state index contributed by atoms with van der Waals surface area (Å²) in [5.74, 6) is -1.57. The van der Waals surface area contributed by atoms with Gasteiger partial charge in [-0.25, -0.2) is 0 Å². The molecule has 0 aromatic heterocycles. The number of ether oxygens (including phenoxy) is 2. The first-order valence-corrected chi connectivity index (χ1v) is 8.67. The van der Waals surface area contributed by atoms with Crippen LogP contribution in [0.5, 0.6) is 0 Å². The van der Waals surface area contributed by atoms with E-state index < -0.39 is 23.5 Å². The molecule has 3 heterocycles. The molecule has 1 amide bonds. The van der Waals surface area contributed by atoms with Gasteiger partial charge in [-0.1, -0.05) is 36.4 Å². The number of carbonyl (C=O) groups excluding carboxylic acids is 2. The van der Waals surface area contributed by atoms with E-state index in [0.717, 1.165) is 5.69 Å². The van der Waals surface area contributed by atoms with Crippen LogP contribution in [0, 0.1) is 11.8 Å². The van der Waals surface area contributed by atoms with E-state index in [9.17, 15) is 9.59 Å². The van der Waals surface area contributed by atoms with Crippen molar-refractivity contribution >= 4 is 17.6 Å². The van der Waals surface area contributed by atoms with Crippen LogP contribution in [0.4, 0.5) is 5.69 Å². The average Bonchev–Trinajstić information content (AvgIpc) is 3.25. The van der Waals surface area contributed by atoms with Gasteiger partial charge < -0.3 is 14.4 Å². The second kappa shape index (κ2) is 5.85. The highest BCUT2D eigenvalue weighted by Gasteiger charge is 2.71. The lowest BCUT2D eigenvalue weighted by molar-refractivity contribution is -0.151. The van der Waals surface area contributed by atoms with Gasteiger partial charge in [-0.2, -0.15) is 0 Å². The van der Waals surface area contributed by atoms with E-state index in [2.05, 4.69) is 6.58 Å². The van der Waals surface area contributed by atoms with Crippen molar-refractivity contribution in [3.05, 3.63) is 55.1 Å². The summed E-state index contributed by atoms with van der Waals surface area (Å²) in [6.45, 7) is 5.90. The zero-order valence-corrected chi connectivity index (χ0v) is 14.1. The minimum atomic E-state index is -0.788. The van der Waals surface area contributed by atoms with E-state index in [1.165, 1.54) is 0 Å². The highest BCUT2D eigenvalue weighted by molar-refractivity contribution is 6.03. The van der Waals surface area contributed by atoms with Crippen LogP contribution in [-0.4, -0.2) is 36.2 Å². The van der Waals surface area contributed by atoms with Gasteiger partial charge in [-0.05, 0) is 25.5 Å². The standard InChI is InChI=1S/C20H21NO4/c1-3-8-15-20-12-11-14(25-20)16(19(23)24-4-2)17(20)18(22)21(15)13-9-6-5-7-10-13/h3,5-7,9-12,14-17H,1,4,8H2,2H3/t14-,15-,16+,17-,20+/m0/s1. The summed E-state index contributed by atoms with van der Waals surface area (Å²) in [4.78, 5) is 27.6. The Morgan fingerprint density at radius 3 is 2.84 bits per heavy atom. The number of hydrogen-bond acceptors (Lipinski definition) is 4. The van der Waals surface area contributed by atoms with Gasteiger partial charge in [-0.15, -0.1) is 6.58 Å². The van der Waals surface area contributed by atoms with Gasteiger partial charge in [0.05, 0.1) is 24.7 Å². The van der Waals surface area contributed by atoms with Crippen molar-refractivity contribution in [1.29, 1.82) is 0 Å². The van der Waals surface area contributed by atoms with Crippen molar-refractivity contribution in [1.82, 2.24) is 0 Å². The fourth-order valence-corrected chi connectivity index (χ4v) is 4.50. The predicted octanol–water partition coefficient (Wildman–Crippen LogP) is 2.48. The molecule has 0 unspecified atom stereocenters. The minimum absolute atomic E-state index is 0.0806. The van der Waals surface area contributed by atoms with Crippen molar-refractivity contribution in [2.45, 2.75) is 31.1 Å². The van der Waals surface area contributed by atoms with Crippen LogP contribution in [0.15, 0.2) is 55.1 Å². The summed E-state index contributed by atoms with van der Waals surface area (Å²) in [7, 11) is 0. The van der Waals surface area contributed by atoms with E-state index in [4.69, 9.17) is 9.47 Å². The Kier molecular flexibility index (Phi) is 3.76. The van der Waals surface area contributed by atoms with Gasteiger partial charge >= 0.3 is 5.97 Å². The van der Waals surface area contributed by atoms with Crippen molar-refractivity contribution in [2.24, 2.45) is 11.8 Å². The van der Waals surface area contributed by atoms with Crippen molar-refractivity contribution < 1.29 is 19.1 Å². The zero-order valence-electron chi connectivity index (χ0n) is 14.1. The first kappa shape index (κ1) is 16.1. The highest BCUT2D eigenvalue weighted by atomic mass is 16.6. The summed E-state index contributed by atoms with van der Waals surface area (Å²) in [6, 6.07) is 9.30. The summed E-state index contributed by atoms with van der Waals surface area (Å²) >= 11 is 0. The lowest BCUT2D eigenvalue weighted by Gasteiger charge is -2.32. The molecule has 0 N–H and O–H groups in total. The number of anilines is 1. The number of rotatable bonds is 5. The molecule has 3 aliphatic rings. The molecule has 25 heavy (non-hydrogen) atoms. The summed E-state index contributed by atoms with van der Waals surface area (Å²) in [5, 5.41) is 0. The predicted molar refractivity (Wildman–Crippen MR) is 92.9 cm³/mol. The third-order valence-corrected chi connectivity index (χ3v) is 5.40. The Bertz CT molecular complexity index is 743. The number of hydrogen-bond donors (Lipinski definition) is 0. The number of para-hydroxylation sites is 1. The molecule has 1 aromatic rings. The van der Waals surface area contributed by atoms with Crippen LogP contribution in [0.2, 0.25) is 0 Å². The lowest BCUT2D eigenvalue weighted by Crippen LogP contribution is -2.45. The monoisotopic (exact) mass is 339 g/mol. The molecule has 2 fully saturated rings. The van der Waals surface area contributed by atoms with Gasteiger partial charge in [0.2, 0.25) is 5.91 Å². The number of benzene rings is 1. The third-order valence-electron chi connectivity index (χ3n) is 5.40. The molecule has 4 rings (SSSR count). The Balaban J connectivity index is 1.79. The lowest BCUT2D eigenvalue weighted by atomic mass is 9.74. The maximum atomic E-state index is 13.3. The average molecular weight is 339 g/mol. The fourth-order valence-electron chi connectivity index (χ4n) is 4.50. The van der Waals surface area contributed by atoms with E-state index >= 15 is 0 Å². The first-order valence-electron chi connectivity index (χ1n) is 8.67. The molecule has 1 spiro atoms. The van der Waals surface area contributed by atoms with Crippen LogP contribution < -0.4 is 4.90 Å². The zero-order chi connectivity index (χ0) is 17.6. The van der Waals surface area contributed by atoms with Gasteiger partial charge in [0.15, 0.2) is 0 Å². The first-order chi connectivity index (χ1) is 12.1. The van der Waals surface area contributed by atoms with Crippen LogP contribution in [0.1, 0.15) is 13.3 Å². The van der Waals surface area contributed by atoms with E-state index in [0.29, 0.717) is 6.42 Å². The Hall–Kier alpha value is -2.40. The van der Waals surface area contributed by atoms with Crippen molar-refractivity contribution in [3.63, 3.8) is 0 Å². The quantitative estimate of drug-likeness (QED) is 0.611. The number of nitrogens with zero attached hydrogens (tertiary/aromatic N) is 1. The fraction of sp³-hybridized carbons (Fsp3) is 0.400. The summed E-state index contributed by atoms with van der Waals surface area (Å²) < 4.78 is 11.5. The van der Waals surface area contributed by atoms with E-state index in [1.807, 2.05) is 42.5 Å². The maximum Gasteiger partial charge on any atom is 0.312 e. The molecule has 3 aliphatic heterocycles. The smallest absolute Gasteiger partial charge is 0.312 e. The molecule has 0 saturated carbocycles. The highest BCUT2D eigenvalue weighted by Crippen LogP contribution is 2.56. The third kappa shape index (κ3) is 2.12. The van der Waals surface area contributed by atoms with Crippen LogP contribution in [-0.2, 0) is 19.1 Å². The topological polar surface area (TPSA) is 55.8 Å². The summed E-state index contributed by atoms with van der Waals surface area (Å²) in [6.07, 6.45) is 5.86. The molecule has 0 radical (unpaired) electrons. The van der Waals surface area contributed by atoms with Gasteiger partial charge in [-0.3, -0.25) is 9.59 Å². The molecule has 130 valence electrons. The van der Waals surface area contributed by atoms with E-state index in [1.54, 1.807) is 17.9 Å². The maximum absolute atomic E-state index is 13.3. The van der Waals surface area contributed by atoms with Gasteiger partial charge in [0, 0.05) is 5.69 Å². The molecule has 5 heteroatoms. The normalized spacial score (nSPS) is 35.1.